The largest absolute Gasteiger partial charge is 0.463 e. The number of ether oxygens (including phenoxy) is 4. The van der Waals surface area contributed by atoms with Gasteiger partial charge in [-0.3, -0.25) is 33.1 Å². The highest BCUT2D eigenvalue weighted by atomic mass is 19.1. The number of fused-ring (bicyclic) bond motifs is 4. The molecule has 0 saturated carbocycles. The van der Waals surface area contributed by atoms with Gasteiger partial charge in [0.15, 0.2) is 13.5 Å². The van der Waals surface area contributed by atoms with Gasteiger partial charge in [-0.1, -0.05) is 18.2 Å². The Hall–Kier alpha value is -6.51. The van der Waals surface area contributed by atoms with Crippen LogP contribution in [0.25, 0.3) is 43.9 Å². The van der Waals surface area contributed by atoms with Crippen LogP contribution in [0.3, 0.4) is 0 Å². The zero-order valence-electron chi connectivity index (χ0n) is 34.4. The van der Waals surface area contributed by atoms with E-state index in [4.69, 9.17) is 23.4 Å². The van der Waals surface area contributed by atoms with Gasteiger partial charge in [-0.05, 0) is 98.2 Å². The lowest BCUT2D eigenvalue weighted by molar-refractivity contribution is -0.161. The molecule has 14 nitrogen and oxygen atoms in total. The summed E-state index contributed by atoms with van der Waals surface area (Å²) in [6, 6.07) is 13.8. The van der Waals surface area contributed by atoms with Crippen molar-refractivity contribution in [2.24, 2.45) is 16.2 Å². The lowest BCUT2D eigenvalue weighted by Gasteiger charge is -2.19. The summed E-state index contributed by atoms with van der Waals surface area (Å²) in [5.74, 6) is -3.49. The molecule has 2 aromatic carbocycles. The maximum absolute atomic E-state index is 16.0. The molecule has 6 aromatic rings. The predicted molar refractivity (Wildman–Crippen MR) is 216 cm³/mol. The Labute approximate surface area is 338 Å². The molecule has 0 bridgehead atoms. The summed E-state index contributed by atoms with van der Waals surface area (Å²) >= 11 is 0. The van der Waals surface area contributed by atoms with E-state index in [1.807, 2.05) is 0 Å². The van der Waals surface area contributed by atoms with E-state index in [-0.39, 0.29) is 52.0 Å². The molecule has 310 valence electrons. The summed E-state index contributed by atoms with van der Waals surface area (Å²) in [6.07, 6.45) is 2.68. The third-order valence-corrected chi connectivity index (χ3v) is 9.51. The Morgan fingerprint density at radius 3 is 1.98 bits per heavy atom. The summed E-state index contributed by atoms with van der Waals surface area (Å²) in [6.45, 7) is 13.1. The number of hydrogen-bond donors (Lipinski definition) is 0. The minimum absolute atomic E-state index is 0.0110. The van der Waals surface area contributed by atoms with E-state index in [1.54, 1.807) is 86.6 Å². The van der Waals surface area contributed by atoms with Crippen LogP contribution in [0, 0.1) is 22.1 Å². The van der Waals surface area contributed by atoms with Gasteiger partial charge in [0.05, 0.1) is 49.9 Å². The molecule has 0 amide bonds. The quantitative estimate of drug-likeness (QED) is 0.0763. The smallest absolute Gasteiger partial charge is 0.358 e. The number of rotatable bonds is 10. The van der Waals surface area contributed by atoms with E-state index in [2.05, 4.69) is 0 Å². The van der Waals surface area contributed by atoms with E-state index < -0.39 is 70.6 Å². The van der Waals surface area contributed by atoms with Crippen LogP contribution in [0.4, 0.5) is 4.39 Å². The Bertz CT molecular complexity index is 2770. The SMILES string of the molecule is CC(C)(C)C(=O)OCOC(=O)c1c(-c2cccn(COC(=O)C(C)(C)C)c2=O)c2c3occc3c(F)cc2n1Cc1cc(=O)n(COC(=O)C(C)(C)C)c2ccccc12. The molecule has 0 N–H and O–H groups in total. The number of para-hydroxylation sites is 1. The molecule has 0 radical (unpaired) electrons. The van der Waals surface area contributed by atoms with Crippen LogP contribution in [-0.2, 0) is 53.3 Å². The maximum Gasteiger partial charge on any atom is 0.358 e. The molecule has 4 aromatic heterocycles. The number of halogens is 1. The van der Waals surface area contributed by atoms with Crippen molar-refractivity contribution in [2.45, 2.75) is 82.3 Å². The standard InChI is InChI=1S/C44H46FN3O11/c1-42(2,3)39(52)56-22-46-17-12-14-28(37(46)50)33-34-31(20-29(45)27-16-18-55-36(27)34)47(35(33)38(51)58-24-59-41(54)44(7,8)9)21-25-19-32(49)48(23-57-40(53)43(4,5)6)30-15-11-10-13-26(25)30/h10-20H,21-24H2,1-9H3. The van der Waals surface area contributed by atoms with Crippen LogP contribution in [0.15, 0.2) is 81.1 Å². The lowest BCUT2D eigenvalue weighted by Crippen LogP contribution is -2.29. The van der Waals surface area contributed by atoms with Gasteiger partial charge in [-0.2, -0.15) is 0 Å². The van der Waals surface area contributed by atoms with Crippen molar-refractivity contribution in [3.63, 3.8) is 0 Å². The second kappa shape index (κ2) is 15.7. The molecule has 6 rings (SSSR count). The fourth-order valence-electron chi connectivity index (χ4n) is 6.32. The number of aromatic nitrogens is 3. The topological polar surface area (TPSA) is 167 Å². The number of esters is 4. The molecule has 0 aliphatic carbocycles. The maximum atomic E-state index is 16.0. The van der Waals surface area contributed by atoms with Crippen molar-refractivity contribution in [3.05, 3.63) is 105 Å². The van der Waals surface area contributed by atoms with Gasteiger partial charge in [0, 0.05) is 29.8 Å². The molecular formula is C44H46FN3O11. The van der Waals surface area contributed by atoms with Crippen LogP contribution < -0.4 is 11.1 Å². The van der Waals surface area contributed by atoms with Crippen LogP contribution in [0.5, 0.6) is 0 Å². The van der Waals surface area contributed by atoms with Gasteiger partial charge in [-0.25, -0.2) is 9.18 Å². The average Bonchev–Trinajstić information content (AvgIpc) is 3.76. The average molecular weight is 812 g/mol. The first-order valence-electron chi connectivity index (χ1n) is 18.8. The van der Waals surface area contributed by atoms with Crippen LogP contribution in [0.1, 0.15) is 78.4 Å². The molecule has 0 fully saturated rings. The number of furan rings is 1. The number of nitrogens with zero attached hydrogens (tertiary/aromatic N) is 3. The Balaban J connectivity index is 1.59. The summed E-state index contributed by atoms with van der Waals surface area (Å²) in [4.78, 5) is 80.6. The molecule has 15 heteroatoms. The zero-order valence-corrected chi connectivity index (χ0v) is 34.4. The summed E-state index contributed by atoms with van der Waals surface area (Å²) in [7, 11) is 0. The first kappa shape index (κ1) is 42.1. The fraction of sp³-hybridized carbons (Fsp3) is 0.364. The van der Waals surface area contributed by atoms with Crippen molar-refractivity contribution in [2.75, 3.05) is 6.79 Å². The van der Waals surface area contributed by atoms with Gasteiger partial charge in [-0.15, -0.1) is 0 Å². The molecule has 0 spiro atoms. The van der Waals surface area contributed by atoms with E-state index in [9.17, 15) is 28.8 Å². The molecule has 0 aliphatic heterocycles. The van der Waals surface area contributed by atoms with Crippen molar-refractivity contribution in [3.8, 4) is 11.1 Å². The van der Waals surface area contributed by atoms with Crippen molar-refractivity contribution in [1.29, 1.82) is 0 Å². The first-order valence-corrected chi connectivity index (χ1v) is 18.8. The minimum atomic E-state index is -1.06. The Kier molecular flexibility index (Phi) is 11.2. The molecule has 0 aliphatic rings. The van der Waals surface area contributed by atoms with Crippen molar-refractivity contribution >= 4 is 56.7 Å². The first-order chi connectivity index (χ1) is 27.6. The van der Waals surface area contributed by atoms with E-state index >= 15 is 4.39 Å². The van der Waals surface area contributed by atoms with E-state index in [1.165, 1.54) is 51.9 Å². The van der Waals surface area contributed by atoms with Gasteiger partial charge < -0.3 is 27.9 Å². The summed E-state index contributed by atoms with van der Waals surface area (Å²) in [5.41, 5.74) is -3.27. The van der Waals surface area contributed by atoms with Crippen molar-refractivity contribution < 1.29 is 46.9 Å². The lowest BCUT2D eigenvalue weighted by atomic mass is 9.97. The fourth-order valence-corrected chi connectivity index (χ4v) is 6.32. The molecule has 0 saturated heterocycles. The van der Waals surface area contributed by atoms with Gasteiger partial charge in [0.2, 0.25) is 6.79 Å². The van der Waals surface area contributed by atoms with Gasteiger partial charge in [0.25, 0.3) is 11.1 Å². The molecular weight excluding hydrogens is 765 g/mol. The van der Waals surface area contributed by atoms with Crippen molar-refractivity contribution in [1.82, 2.24) is 13.7 Å². The normalized spacial score (nSPS) is 12.2. The predicted octanol–water partition coefficient (Wildman–Crippen LogP) is 7.52. The minimum Gasteiger partial charge on any atom is -0.463 e. The Morgan fingerprint density at radius 1 is 0.695 bits per heavy atom. The van der Waals surface area contributed by atoms with Gasteiger partial charge >= 0.3 is 23.9 Å². The van der Waals surface area contributed by atoms with E-state index in [0.717, 1.165) is 4.57 Å². The molecule has 0 atom stereocenters. The molecule has 0 unspecified atom stereocenters. The number of pyridine rings is 2. The van der Waals surface area contributed by atoms with Crippen LogP contribution in [-0.4, -0.2) is 44.4 Å². The second-order valence-corrected chi connectivity index (χ2v) is 17.2. The third-order valence-electron chi connectivity index (χ3n) is 9.51. The van der Waals surface area contributed by atoms with Crippen LogP contribution >= 0.6 is 0 Å². The monoisotopic (exact) mass is 811 g/mol. The van der Waals surface area contributed by atoms with Crippen LogP contribution in [0.2, 0.25) is 0 Å². The Morgan fingerprint density at radius 2 is 1.32 bits per heavy atom. The number of hydrogen-bond acceptors (Lipinski definition) is 11. The van der Waals surface area contributed by atoms with E-state index in [0.29, 0.717) is 16.5 Å². The van der Waals surface area contributed by atoms with Gasteiger partial charge in [0.1, 0.15) is 17.1 Å². The number of benzene rings is 2. The summed E-state index contributed by atoms with van der Waals surface area (Å²) in [5, 5.41) is 0.754. The number of carbonyl (C=O) groups excluding carboxylic acids is 4. The highest BCUT2D eigenvalue weighted by molar-refractivity contribution is 6.17. The molecule has 4 heterocycles. The second-order valence-electron chi connectivity index (χ2n) is 17.2. The third kappa shape index (κ3) is 8.41. The molecule has 59 heavy (non-hydrogen) atoms. The highest BCUT2D eigenvalue weighted by Crippen LogP contribution is 2.41. The summed E-state index contributed by atoms with van der Waals surface area (Å²) < 4.78 is 47.4. The number of carbonyl (C=O) groups is 4. The zero-order chi connectivity index (χ0) is 43.2. The highest BCUT2D eigenvalue weighted by Gasteiger charge is 2.32.